The van der Waals surface area contributed by atoms with Gasteiger partial charge in [0.15, 0.2) is 0 Å². The average Bonchev–Trinajstić information content (AvgIpc) is 2.77. The highest BCUT2D eigenvalue weighted by molar-refractivity contribution is 6.34. The molecule has 0 spiro atoms. The number of H-pyrrole nitrogens is 1. The van der Waals surface area contributed by atoms with E-state index >= 15 is 0 Å². The molecule has 0 radical (unpaired) electrons. The van der Waals surface area contributed by atoms with Crippen LogP contribution in [0.5, 0.6) is 0 Å². The Balaban J connectivity index is 2.45. The Morgan fingerprint density at radius 2 is 2.00 bits per heavy atom. The van der Waals surface area contributed by atoms with Crippen LogP contribution in [0.1, 0.15) is 5.76 Å². The van der Waals surface area contributed by atoms with Crippen molar-refractivity contribution in [2.24, 2.45) is 0 Å². The van der Waals surface area contributed by atoms with E-state index in [0.717, 1.165) is 4.57 Å². The van der Waals surface area contributed by atoms with Gasteiger partial charge in [0.2, 0.25) is 5.88 Å². The van der Waals surface area contributed by atoms with Gasteiger partial charge in [-0.15, -0.1) is 0 Å². The second kappa shape index (κ2) is 4.13. The first-order valence-corrected chi connectivity index (χ1v) is 5.96. The van der Waals surface area contributed by atoms with Gasteiger partial charge in [-0.2, -0.15) is 4.57 Å². The Bertz CT molecular complexity index is 889. The highest BCUT2D eigenvalue weighted by atomic mass is 35.5. The minimum Gasteiger partial charge on any atom is -0.445 e. The Hall–Kier alpha value is -2.27. The topological polar surface area (TPSA) is 68.0 Å². The third-order valence-corrected chi connectivity index (χ3v) is 3.14. The van der Waals surface area contributed by atoms with Crippen LogP contribution in [0.15, 0.2) is 44.3 Å². The van der Waals surface area contributed by atoms with Gasteiger partial charge in [0, 0.05) is 6.07 Å². The van der Waals surface area contributed by atoms with Crippen LogP contribution < -0.4 is 11.2 Å². The first-order valence-electron chi connectivity index (χ1n) is 5.58. The standard InChI is InChI=1S/C13H9ClN2O3/c1-7-5-6-10(19-7)16-12(17)8-3-2-4-9(14)11(8)15-13(16)18/h2-6H,1H3,(H,15,18). The van der Waals surface area contributed by atoms with E-state index in [1.54, 1.807) is 37.3 Å². The Kier molecular flexibility index (Phi) is 2.57. The summed E-state index contributed by atoms with van der Waals surface area (Å²) >= 11 is 5.96. The zero-order valence-electron chi connectivity index (χ0n) is 9.94. The largest absolute Gasteiger partial charge is 0.445 e. The van der Waals surface area contributed by atoms with Gasteiger partial charge in [-0.05, 0) is 25.1 Å². The van der Waals surface area contributed by atoms with Crippen molar-refractivity contribution in [1.29, 1.82) is 0 Å². The van der Waals surface area contributed by atoms with E-state index in [1.807, 2.05) is 0 Å². The van der Waals surface area contributed by atoms with Crippen LogP contribution in [0.4, 0.5) is 0 Å². The molecule has 5 nitrogen and oxygen atoms in total. The number of rotatable bonds is 1. The van der Waals surface area contributed by atoms with Gasteiger partial charge in [-0.25, -0.2) is 4.79 Å². The molecule has 0 saturated heterocycles. The molecule has 0 aliphatic rings. The number of nitrogens with one attached hydrogen (secondary N) is 1. The molecule has 0 aliphatic heterocycles. The zero-order valence-corrected chi connectivity index (χ0v) is 10.7. The molecule has 2 heterocycles. The predicted molar refractivity (Wildman–Crippen MR) is 72.2 cm³/mol. The molecule has 1 N–H and O–H groups in total. The molecule has 0 saturated carbocycles. The SMILES string of the molecule is Cc1ccc(-n2c(=O)[nH]c3c(Cl)cccc3c2=O)o1. The molecule has 1 aromatic carbocycles. The summed E-state index contributed by atoms with van der Waals surface area (Å²) in [5.74, 6) is 0.804. The molecule has 0 aliphatic carbocycles. The van der Waals surface area contributed by atoms with Crippen molar-refractivity contribution in [3.63, 3.8) is 0 Å². The Morgan fingerprint density at radius 1 is 1.21 bits per heavy atom. The summed E-state index contributed by atoms with van der Waals surface area (Å²) in [7, 11) is 0. The third kappa shape index (κ3) is 1.79. The lowest BCUT2D eigenvalue weighted by Crippen LogP contribution is -2.33. The lowest BCUT2D eigenvalue weighted by atomic mass is 10.2. The van der Waals surface area contributed by atoms with Crippen LogP contribution >= 0.6 is 11.6 Å². The van der Waals surface area contributed by atoms with Crippen LogP contribution in [0.3, 0.4) is 0 Å². The first kappa shape index (κ1) is 11.8. The molecule has 19 heavy (non-hydrogen) atoms. The smallest absolute Gasteiger partial charge is 0.335 e. The lowest BCUT2D eigenvalue weighted by Gasteiger charge is -2.04. The number of nitrogens with zero attached hydrogens (tertiary/aromatic N) is 1. The van der Waals surface area contributed by atoms with Crippen LogP contribution in [0.2, 0.25) is 5.02 Å². The van der Waals surface area contributed by atoms with Crippen LogP contribution in [0.25, 0.3) is 16.8 Å². The fourth-order valence-electron chi connectivity index (χ4n) is 1.95. The molecule has 96 valence electrons. The lowest BCUT2D eigenvalue weighted by molar-refractivity contribution is 0.501. The highest BCUT2D eigenvalue weighted by Crippen LogP contribution is 2.17. The molecule has 2 aromatic heterocycles. The van der Waals surface area contributed by atoms with Gasteiger partial charge in [0.25, 0.3) is 5.56 Å². The van der Waals surface area contributed by atoms with Crippen molar-refractivity contribution in [2.45, 2.75) is 6.92 Å². The summed E-state index contributed by atoms with van der Waals surface area (Å²) in [5.41, 5.74) is -0.714. The molecule has 0 fully saturated rings. The van der Waals surface area contributed by atoms with Crippen molar-refractivity contribution in [1.82, 2.24) is 9.55 Å². The van der Waals surface area contributed by atoms with E-state index in [-0.39, 0.29) is 5.88 Å². The molecule has 0 amide bonds. The number of aryl methyl sites for hydroxylation is 1. The van der Waals surface area contributed by atoms with Gasteiger partial charge in [0.05, 0.1) is 15.9 Å². The second-order valence-electron chi connectivity index (χ2n) is 4.12. The molecular formula is C13H9ClN2O3. The number of benzene rings is 1. The number of halogens is 1. The van der Waals surface area contributed by atoms with Crippen molar-refractivity contribution in [2.75, 3.05) is 0 Å². The van der Waals surface area contributed by atoms with Gasteiger partial charge in [-0.1, -0.05) is 17.7 Å². The van der Waals surface area contributed by atoms with E-state index in [9.17, 15) is 9.59 Å². The van der Waals surface area contributed by atoms with E-state index < -0.39 is 11.2 Å². The number of aromatic amines is 1. The molecule has 3 aromatic rings. The molecule has 3 rings (SSSR count). The van der Waals surface area contributed by atoms with Crippen LogP contribution in [-0.4, -0.2) is 9.55 Å². The predicted octanol–water partition coefficient (Wildman–Crippen LogP) is 2.23. The quantitative estimate of drug-likeness (QED) is 0.741. The van der Waals surface area contributed by atoms with Gasteiger partial charge < -0.3 is 9.40 Å². The van der Waals surface area contributed by atoms with E-state index in [1.165, 1.54) is 0 Å². The second-order valence-corrected chi connectivity index (χ2v) is 4.52. The molecule has 0 bridgehead atoms. The monoisotopic (exact) mass is 276 g/mol. The first-order chi connectivity index (χ1) is 9.08. The molecular weight excluding hydrogens is 268 g/mol. The number of hydrogen-bond acceptors (Lipinski definition) is 3. The van der Waals surface area contributed by atoms with E-state index in [2.05, 4.69) is 4.98 Å². The van der Waals surface area contributed by atoms with Gasteiger partial charge in [0.1, 0.15) is 5.76 Å². The average molecular weight is 277 g/mol. The van der Waals surface area contributed by atoms with Crippen molar-refractivity contribution >= 4 is 22.5 Å². The number of aromatic nitrogens is 2. The minimum atomic E-state index is -0.583. The van der Waals surface area contributed by atoms with E-state index in [0.29, 0.717) is 21.7 Å². The normalized spacial score (nSPS) is 11.1. The third-order valence-electron chi connectivity index (χ3n) is 2.83. The summed E-state index contributed by atoms with van der Waals surface area (Å²) in [6.45, 7) is 1.74. The van der Waals surface area contributed by atoms with Crippen LogP contribution in [0, 0.1) is 6.92 Å². The fourth-order valence-corrected chi connectivity index (χ4v) is 2.17. The van der Waals surface area contributed by atoms with Crippen molar-refractivity contribution in [3.8, 4) is 5.88 Å². The Morgan fingerprint density at radius 3 is 2.68 bits per heavy atom. The maximum atomic E-state index is 12.3. The summed E-state index contributed by atoms with van der Waals surface area (Å²) in [4.78, 5) is 26.9. The number of furan rings is 1. The molecule has 0 atom stereocenters. The zero-order chi connectivity index (χ0) is 13.6. The van der Waals surface area contributed by atoms with Crippen molar-refractivity contribution < 1.29 is 4.42 Å². The van der Waals surface area contributed by atoms with E-state index in [4.69, 9.17) is 16.0 Å². The summed E-state index contributed by atoms with van der Waals surface area (Å²) in [5, 5.41) is 0.663. The maximum absolute atomic E-state index is 12.3. The molecule has 6 heteroatoms. The number of fused-ring (bicyclic) bond motifs is 1. The fraction of sp³-hybridized carbons (Fsp3) is 0.0769. The molecule has 0 unspecified atom stereocenters. The number of para-hydroxylation sites is 1. The van der Waals surface area contributed by atoms with Gasteiger partial charge >= 0.3 is 5.69 Å². The summed E-state index contributed by atoms with van der Waals surface area (Å²) < 4.78 is 6.27. The highest BCUT2D eigenvalue weighted by Gasteiger charge is 2.13. The summed E-state index contributed by atoms with van der Waals surface area (Å²) in [6, 6.07) is 8.13. The van der Waals surface area contributed by atoms with Crippen molar-refractivity contribution in [3.05, 3.63) is 62.0 Å². The Labute approximate surface area is 112 Å². The van der Waals surface area contributed by atoms with Crippen LogP contribution in [-0.2, 0) is 0 Å². The maximum Gasteiger partial charge on any atom is 0.335 e. The number of hydrogen-bond donors (Lipinski definition) is 1. The van der Waals surface area contributed by atoms with Gasteiger partial charge in [-0.3, -0.25) is 4.79 Å². The summed E-state index contributed by atoms with van der Waals surface area (Å²) in [6.07, 6.45) is 0. The minimum absolute atomic E-state index is 0.186.